The third kappa shape index (κ3) is 2.45. The van der Waals surface area contributed by atoms with Crippen LogP contribution < -0.4 is 16.6 Å². The predicted octanol–water partition coefficient (Wildman–Crippen LogP) is -0.680. The summed E-state index contributed by atoms with van der Waals surface area (Å²) >= 11 is 5.58. The lowest BCUT2D eigenvalue weighted by molar-refractivity contribution is -0.116. The van der Waals surface area contributed by atoms with Gasteiger partial charge in [-0.2, -0.15) is 5.10 Å². The number of hydrogen-bond donors (Lipinski definition) is 3. The molecule has 0 aromatic carbocycles. The summed E-state index contributed by atoms with van der Waals surface area (Å²) in [7, 11) is 0. The largest absolute Gasteiger partial charge is 0.373 e. The second kappa shape index (κ2) is 3.90. The topological polar surface area (TPSA) is 101 Å². The van der Waals surface area contributed by atoms with Crippen LogP contribution in [0.2, 0.25) is 5.02 Å². The number of nitrogens with two attached hydrogens (primary N) is 1. The van der Waals surface area contributed by atoms with Gasteiger partial charge in [0.15, 0.2) is 0 Å². The Kier molecular flexibility index (Phi) is 2.86. The Labute approximate surface area is 78.1 Å². The lowest BCUT2D eigenvalue weighted by atomic mass is 10.4. The molecule has 13 heavy (non-hydrogen) atoms. The number of amides is 1. The quantitative estimate of drug-likeness (QED) is 0.605. The average molecular weight is 203 g/mol. The Hall–Kier alpha value is -1.56. The van der Waals surface area contributed by atoms with Gasteiger partial charge in [-0.3, -0.25) is 9.59 Å². The van der Waals surface area contributed by atoms with Gasteiger partial charge in [-0.1, -0.05) is 11.6 Å². The molecule has 1 rings (SSSR count). The van der Waals surface area contributed by atoms with Gasteiger partial charge in [-0.15, -0.1) is 0 Å². The van der Waals surface area contributed by atoms with Crippen LogP contribution in [-0.2, 0) is 4.79 Å². The lowest BCUT2D eigenvalue weighted by Crippen LogP contribution is -2.23. The number of carbonyl (C=O) groups is 1. The minimum atomic E-state index is -0.545. The van der Waals surface area contributed by atoms with Crippen molar-refractivity contribution in [2.24, 2.45) is 5.73 Å². The number of primary amides is 1. The van der Waals surface area contributed by atoms with Gasteiger partial charge in [0.1, 0.15) is 5.02 Å². The predicted molar refractivity (Wildman–Crippen MR) is 47.6 cm³/mol. The number of anilines is 1. The Bertz CT molecular complexity index is 375. The molecule has 0 aliphatic rings. The van der Waals surface area contributed by atoms with Crippen molar-refractivity contribution in [3.63, 3.8) is 0 Å². The number of nitrogens with one attached hydrogen (secondary N) is 2. The standard InChI is InChI=1S/C6H7ClN4O2/c7-5-3(9-2-4(8)12)1-10-11-6(5)13/h1H,2H2,(H2,8,12)(H2,9,11,13). The van der Waals surface area contributed by atoms with E-state index in [2.05, 4.69) is 15.5 Å². The molecule has 70 valence electrons. The highest BCUT2D eigenvalue weighted by molar-refractivity contribution is 6.32. The Morgan fingerprint density at radius 1 is 1.77 bits per heavy atom. The Morgan fingerprint density at radius 2 is 2.46 bits per heavy atom. The highest BCUT2D eigenvalue weighted by Gasteiger charge is 2.04. The first kappa shape index (κ1) is 9.53. The third-order valence-electron chi connectivity index (χ3n) is 1.25. The molecule has 1 amide bonds. The summed E-state index contributed by atoms with van der Waals surface area (Å²) in [4.78, 5) is 21.3. The maximum absolute atomic E-state index is 10.9. The summed E-state index contributed by atoms with van der Waals surface area (Å²) < 4.78 is 0. The van der Waals surface area contributed by atoms with Crippen LogP contribution >= 0.6 is 11.6 Å². The van der Waals surface area contributed by atoms with Crippen LogP contribution in [0.1, 0.15) is 0 Å². The van der Waals surface area contributed by atoms with Gasteiger partial charge in [-0.05, 0) is 0 Å². The molecule has 0 saturated carbocycles. The first-order chi connectivity index (χ1) is 6.11. The molecule has 0 fully saturated rings. The van der Waals surface area contributed by atoms with Crippen molar-refractivity contribution >= 4 is 23.2 Å². The number of rotatable bonds is 3. The van der Waals surface area contributed by atoms with Crippen LogP contribution in [0.4, 0.5) is 5.69 Å². The first-order valence-corrected chi connectivity index (χ1v) is 3.74. The number of aromatic nitrogens is 2. The molecule has 7 heteroatoms. The molecule has 0 aliphatic heterocycles. The van der Waals surface area contributed by atoms with Gasteiger partial charge in [0.05, 0.1) is 18.4 Å². The lowest BCUT2D eigenvalue weighted by Gasteiger charge is -2.03. The number of aromatic amines is 1. The fourth-order valence-corrected chi connectivity index (χ4v) is 0.847. The smallest absolute Gasteiger partial charge is 0.285 e. The monoisotopic (exact) mass is 202 g/mol. The fourth-order valence-electron chi connectivity index (χ4n) is 0.689. The number of hydrogen-bond acceptors (Lipinski definition) is 4. The van der Waals surface area contributed by atoms with Crippen molar-refractivity contribution in [1.29, 1.82) is 0 Å². The molecular weight excluding hydrogens is 196 g/mol. The van der Waals surface area contributed by atoms with Crippen LogP contribution in [0.3, 0.4) is 0 Å². The van der Waals surface area contributed by atoms with E-state index in [0.29, 0.717) is 0 Å². The van der Waals surface area contributed by atoms with E-state index in [4.69, 9.17) is 17.3 Å². The fraction of sp³-hybridized carbons (Fsp3) is 0.167. The van der Waals surface area contributed by atoms with Crippen LogP contribution in [0.15, 0.2) is 11.0 Å². The van der Waals surface area contributed by atoms with E-state index < -0.39 is 11.5 Å². The summed E-state index contributed by atoms with van der Waals surface area (Å²) in [5.74, 6) is -0.545. The van der Waals surface area contributed by atoms with Gasteiger partial charge in [0.25, 0.3) is 5.56 Å². The zero-order valence-electron chi connectivity index (χ0n) is 6.50. The number of nitrogens with zero attached hydrogens (tertiary/aromatic N) is 1. The van der Waals surface area contributed by atoms with Gasteiger partial charge in [0.2, 0.25) is 5.91 Å². The van der Waals surface area contributed by atoms with Crippen LogP contribution in [0.5, 0.6) is 0 Å². The molecule has 4 N–H and O–H groups in total. The van der Waals surface area contributed by atoms with E-state index in [1.54, 1.807) is 0 Å². The SMILES string of the molecule is NC(=O)CNc1cn[nH]c(=O)c1Cl. The highest BCUT2D eigenvalue weighted by Crippen LogP contribution is 2.13. The van der Waals surface area contributed by atoms with Crippen molar-refractivity contribution in [2.45, 2.75) is 0 Å². The number of H-pyrrole nitrogens is 1. The Balaban J connectivity index is 2.83. The minimum Gasteiger partial charge on any atom is -0.373 e. The van der Waals surface area contributed by atoms with E-state index in [0.717, 1.165) is 0 Å². The molecule has 6 nitrogen and oxygen atoms in total. The van der Waals surface area contributed by atoms with E-state index in [1.807, 2.05) is 0 Å². The van der Waals surface area contributed by atoms with Crippen LogP contribution in [-0.4, -0.2) is 22.6 Å². The first-order valence-electron chi connectivity index (χ1n) is 3.36. The molecule has 1 heterocycles. The van der Waals surface area contributed by atoms with Crippen LogP contribution in [0.25, 0.3) is 0 Å². The summed E-state index contributed by atoms with van der Waals surface area (Å²) in [6.07, 6.45) is 1.30. The summed E-state index contributed by atoms with van der Waals surface area (Å²) in [5, 5.41) is 8.14. The molecule has 0 saturated heterocycles. The molecule has 1 aromatic heterocycles. The minimum absolute atomic E-state index is 0.0451. The van der Waals surface area contributed by atoms with E-state index in [1.165, 1.54) is 6.20 Å². The van der Waals surface area contributed by atoms with Crippen molar-refractivity contribution in [1.82, 2.24) is 10.2 Å². The zero-order valence-corrected chi connectivity index (χ0v) is 7.26. The molecular formula is C6H7ClN4O2. The van der Waals surface area contributed by atoms with E-state index >= 15 is 0 Å². The number of carbonyl (C=O) groups excluding carboxylic acids is 1. The molecule has 0 aliphatic carbocycles. The summed E-state index contributed by atoms with van der Waals surface area (Å²) in [5.41, 5.74) is 4.64. The van der Waals surface area contributed by atoms with Gasteiger partial charge in [0, 0.05) is 0 Å². The van der Waals surface area contributed by atoms with Gasteiger partial charge in [-0.25, -0.2) is 5.10 Å². The zero-order chi connectivity index (χ0) is 9.84. The normalized spacial score (nSPS) is 9.62. The second-order valence-electron chi connectivity index (χ2n) is 2.25. The molecule has 0 spiro atoms. The van der Waals surface area contributed by atoms with Crippen molar-refractivity contribution < 1.29 is 4.79 Å². The molecule has 0 bridgehead atoms. The average Bonchev–Trinajstić information content (AvgIpc) is 2.07. The molecule has 1 aromatic rings. The maximum atomic E-state index is 10.9. The van der Waals surface area contributed by atoms with Crippen LogP contribution in [0, 0.1) is 0 Å². The van der Waals surface area contributed by atoms with Gasteiger partial charge >= 0.3 is 0 Å². The third-order valence-corrected chi connectivity index (χ3v) is 1.62. The van der Waals surface area contributed by atoms with E-state index in [-0.39, 0.29) is 17.3 Å². The Morgan fingerprint density at radius 3 is 3.08 bits per heavy atom. The highest BCUT2D eigenvalue weighted by atomic mass is 35.5. The van der Waals surface area contributed by atoms with Crippen molar-refractivity contribution in [3.05, 3.63) is 21.6 Å². The van der Waals surface area contributed by atoms with Gasteiger partial charge < -0.3 is 11.1 Å². The summed E-state index contributed by atoms with van der Waals surface area (Å²) in [6.45, 7) is -0.0924. The summed E-state index contributed by atoms with van der Waals surface area (Å²) in [6, 6.07) is 0. The molecule has 0 atom stereocenters. The van der Waals surface area contributed by atoms with Crippen molar-refractivity contribution in [3.8, 4) is 0 Å². The number of halogens is 1. The maximum Gasteiger partial charge on any atom is 0.285 e. The van der Waals surface area contributed by atoms with Crippen molar-refractivity contribution in [2.75, 3.05) is 11.9 Å². The molecule has 0 radical (unpaired) electrons. The van der Waals surface area contributed by atoms with E-state index in [9.17, 15) is 9.59 Å². The molecule has 0 unspecified atom stereocenters. The second-order valence-corrected chi connectivity index (χ2v) is 2.62.